The molecule has 2 rings (SSSR count). The Morgan fingerprint density at radius 1 is 1.22 bits per heavy atom. The molecule has 0 saturated heterocycles. The number of aromatic nitrogens is 3. The summed E-state index contributed by atoms with van der Waals surface area (Å²) in [6.07, 6.45) is 0. The Bertz CT molecular complexity index is 623. The van der Waals surface area contributed by atoms with Crippen LogP contribution >= 0.6 is 23.2 Å². The first-order valence-corrected chi connectivity index (χ1v) is 5.67. The summed E-state index contributed by atoms with van der Waals surface area (Å²) in [4.78, 5) is 5.64. The molecule has 1 heterocycles. The minimum Gasteiger partial charge on any atom is -0.326 e. The molecule has 0 N–H and O–H groups in total. The van der Waals surface area contributed by atoms with Crippen molar-refractivity contribution in [3.8, 4) is 6.07 Å². The van der Waals surface area contributed by atoms with Crippen LogP contribution in [-0.4, -0.2) is 22.2 Å². The molecule has 18 heavy (non-hydrogen) atoms. The van der Waals surface area contributed by atoms with Crippen LogP contribution in [0.25, 0.3) is 0 Å². The van der Waals surface area contributed by atoms with Crippen LogP contribution in [0.2, 0.25) is 10.4 Å². The Labute approximate surface area is 114 Å². The van der Waals surface area contributed by atoms with Gasteiger partial charge in [0.25, 0.3) is 0 Å². The smallest absolute Gasteiger partial charge is 0.245 e. The average Bonchev–Trinajstić information content (AvgIpc) is 2.40. The minimum absolute atomic E-state index is 0.00399. The maximum absolute atomic E-state index is 9.05. The average molecular weight is 280 g/mol. The third-order valence-electron chi connectivity index (χ3n) is 2.31. The lowest BCUT2D eigenvalue weighted by Crippen LogP contribution is -2.14. The zero-order chi connectivity index (χ0) is 13.1. The van der Waals surface area contributed by atoms with Crippen molar-refractivity contribution in [3.63, 3.8) is 0 Å². The molecule has 0 saturated carbocycles. The van der Waals surface area contributed by atoms with E-state index in [9.17, 15) is 0 Å². The zero-order valence-corrected chi connectivity index (χ0v) is 10.8. The van der Waals surface area contributed by atoms with Crippen molar-refractivity contribution < 1.29 is 0 Å². The summed E-state index contributed by atoms with van der Waals surface area (Å²) in [5.74, 6) is 0.347. The number of benzene rings is 1. The highest BCUT2D eigenvalue weighted by Crippen LogP contribution is 2.29. The Morgan fingerprint density at radius 3 is 2.67 bits per heavy atom. The third-order valence-corrected chi connectivity index (χ3v) is 2.71. The molecule has 2 aromatic rings. The van der Waals surface area contributed by atoms with Gasteiger partial charge in [0.2, 0.25) is 5.28 Å². The molecule has 0 aliphatic carbocycles. The van der Waals surface area contributed by atoms with Crippen molar-refractivity contribution in [2.24, 2.45) is 0 Å². The Kier molecular flexibility index (Phi) is 3.60. The molecule has 1 aromatic heterocycles. The van der Waals surface area contributed by atoms with Gasteiger partial charge in [0.15, 0.2) is 11.0 Å². The number of rotatable bonds is 2. The fraction of sp³-hybridized carbons (Fsp3) is 0.0909. The van der Waals surface area contributed by atoms with Crippen LogP contribution in [0.4, 0.5) is 11.5 Å². The van der Waals surface area contributed by atoms with Crippen molar-refractivity contribution >= 4 is 34.7 Å². The number of hydrogen-bond donors (Lipinski definition) is 0. The fourth-order valence-corrected chi connectivity index (χ4v) is 1.80. The Hall–Kier alpha value is -1.90. The number of nitrogens with zero attached hydrogens (tertiary/aromatic N) is 5. The molecule has 0 aliphatic rings. The van der Waals surface area contributed by atoms with Crippen LogP contribution in [0.5, 0.6) is 0 Å². The van der Waals surface area contributed by atoms with Gasteiger partial charge in [-0.25, -0.2) is 0 Å². The van der Waals surface area contributed by atoms with Crippen LogP contribution in [0.15, 0.2) is 24.3 Å². The molecule has 0 spiro atoms. The lowest BCUT2D eigenvalue weighted by Gasteiger charge is -2.19. The number of nitriles is 1. The van der Waals surface area contributed by atoms with Crippen molar-refractivity contribution in [1.82, 2.24) is 15.2 Å². The summed E-state index contributed by atoms with van der Waals surface area (Å²) < 4.78 is 0. The van der Waals surface area contributed by atoms with E-state index in [-0.39, 0.29) is 10.4 Å². The third kappa shape index (κ3) is 2.35. The van der Waals surface area contributed by atoms with E-state index in [0.717, 1.165) is 0 Å². The van der Waals surface area contributed by atoms with Gasteiger partial charge in [0.1, 0.15) is 6.07 Å². The van der Waals surface area contributed by atoms with Gasteiger partial charge in [0, 0.05) is 7.05 Å². The monoisotopic (exact) mass is 279 g/mol. The van der Waals surface area contributed by atoms with Crippen LogP contribution in [0, 0.1) is 11.3 Å². The second-order valence-electron chi connectivity index (χ2n) is 3.38. The summed E-state index contributed by atoms with van der Waals surface area (Å²) >= 11 is 11.6. The molecule has 0 atom stereocenters. The quantitative estimate of drug-likeness (QED) is 0.846. The Morgan fingerprint density at radius 2 is 1.94 bits per heavy atom. The van der Waals surface area contributed by atoms with Crippen LogP contribution in [-0.2, 0) is 0 Å². The van der Waals surface area contributed by atoms with Crippen LogP contribution in [0.1, 0.15) is 5.56 Å². The first-order chi connectivity index (χ1) is 8.63. The van der Waals surface area contributed by atoms with Crippen molar-refractivity contribution in [1.29, 1.82) is 5.26 Å². The number of halogens is 2. The van der Waals surface area contributed by atoms with Gasteiger partial charge < -0.3 is 4.90 Å². The molecule has 7 heteroatoms. The summed E-state index contributed by atoms with van der Waals surface area (Å²) in [5, 5.41) is 16.4. The highest BCUT2D eigenvalue weighted by atomic mass is 35.5. The molecular formula is C11H7Cl2N5. The zero-order valence-electron chi connectivity index (χ0n) is 9.30. The topological polar surface area (TPSA) is 65.7 Å². The van der Waals surface area contributed by atoms with E-state index in [1.54, 1.807) is 30.1 Å². The largest absolute Gasteiger partial charge is 0.326 e. The summed E-state index contributed by atoms with van der Waals surface area (Å²) in [6, 6.07) is 9.18. The lowest BCUT2D eigenvalue weighted by molar-refractivity contribution is 0.949. The summed E-state index contributed by atoms with van der Waals surface area (Å²) in [6.45, 7) is 0. The van der Waals surface area contributed by atoms with E-state index >= 15 is 0 Å². The second-order valence-corrected chi connectivity index (χ2v) is 4.08. The van der Waals surface area contributed by atoms with E-state index in [1.165, 1.54) is 0 Å². The predicted molar refractivity (Wildman–Crippen MR) is 69.1 cm³/mol. The highest BCUT2D eigenvalue weighted by molar-refractivity contribution is 6.32. The first-order valence-electron chi connectivity index (χ1n) is 4.92. The lowest BCUT2D eigenvalue weighted by atomic mass is 10.2. The van der Waals surface area contributed by atoms with E-state index in [1.807, 2.05) is 6.07 Å². The highest BCUT2D eigenvalue weighted by Gasteiger charge is 2.15. The number of hydrogen-bond acceptors (Lipinski definition) is 5. The van der Waals surface area contributed by atoms with Gasteiger partial charge in [-0.3, -0.25) is 0 Å². The SMILES string of the molecule is CN(c1ccccc1C#N)c1nc(Cl)nnc1Cl. The van der Waals surface area contributed by atoms with E-state index in [0.29, 0.717) is 17.1 Å². The normalized spacial score (nSPS) is 9.89. The Balaban J connectivity index is 2.51. The minimum atomic E-state index is -0.00399. The van der Waals surface area contributed by atoms with Gasteiger partial charge in [-0.15, -0.1) is 10.2 Å². The summed E-state index contributed by atoms with van der Waals surface area (Å²) in [5.41, 5.74) is 1.17. The molecule has 0 bridgehead atoms. The maximum Gasteiger partial charge on any atom is 0.245 e. The van der Waals surface area contributed by atoms with Gasteiger partial charge >= 0.3 is 0 Å². The molecule has 0 unspecified atom stereocenters. The first kappa shape index (κ1) is 12.6. The number of para-hydroxylation sites is 1. The van der Waals surface area contributed by atoms with Gasteiger partial charge in [0.05, 0.1) is 11.3 Å². The van der Waals surface area contributed by atoms with E-state index < -0.39 is 0 Å². The van der Waals surface area contributed by atoms with E-state index in [2.05, 4.69) is 21.3 Å². The van der Waals surface area contributed by atoms with Crippen LogP contribution in [0.3, 0.4) is 0 Å². The number of anilines is 2. The molecule has 0 radical (unpaired) electrons. The van der Waals surface area contributed by atoms with Crippen LogP contribution < -0.4 is 4.90 Å². The van der Waals surface area contributed by atoms with Gasteiger partial charge in [-0.1, -0.05) is 23.7 Å². The fourth-order valence-electron chi connectivity index (χ4n) is 1.47. The molecule has 0 amide bonds. The molecule has 1 aromatic carbocycles. The van der Waals surface area contributed by atoms with Gasteiger partial charge in [-0.05, 0) is 23.7 Å². The predicted octanol–water partition coefficient (Wildman–Crippen LogP) is 2.82. The van der Waals surface area contributed by atoms with Crippen molar-refractivity contribution in [2.45, 2.75) is 0 Å². The molecule has 5 nitrogen and oxygen atoms in total. The standard InChI is InChI=1S/C11H7Cl2N5/c1-18(8-5-3-2-4-7(8)6-14)10-9(12)16-17-11(13)15-10/h2-5H,1H3. The molecular weight excluding hydrogens is 273 g/mol. The van der Waals surface area contributed by atoms with E-state index in [4.69, 9.17) is 28.5 Å². The maximum atomic E-state index is 9.05. The van der Waals surface area contributed by atoms with Crippen molar-refractivity contribution in [2.75, 3.05) is 11.9 Å². The molecule has 0 aliphatic heterocycles. The van der Waals surface area contributed by atoms with Gasteiger partial charge in [-0.2, -0.15) is 10.2 Å². The van der Waals surface area contributed by atoms with Crippen molar-refractivity contribution in [3.05, 3.63) is 40.3 Å². The summed E-state index contributed by atoms with van der Waals surface area (Å²) in [7, 11) is 1.72. The molecule has 0 fully saturated rings. The second kappa shape index (κ2) is 5.17. The molecule has 90 valence electrons.